The van der Waals surface area contributed by atoms with E-state index in [-0.39, 0.29) is 24.3 Å². The van der Waals surface area contributed by atoms with E-state index in [2.05, 4.69) is 0 Å². The van der Waals surface area contributed by atoms with Crippen molar-refractivity contribution in [2.45, 2.75) is 25.7 Å². The predicted octanol–water partition coefficient (Wildman–Crippen LogP) is 4.04. The summed E-state index contributed by atoms with van der Waals surface area (Å²) in [6.07, 6.45) is -5.23. The van der Waals surface area contributed by atoms with E-state index in [1.165, 1.54) is 22.8 Å². The number of esters is 1. The van der Waals surface area contributed by atoms with Crippen molar-refractivity contribution in [3.05, 3.63) is 69.5 Å². The van der Waals surface area contributed by atoms with Gasteiger partial charge in [-0.25, -0.2) is 4.79 Å². The van der Waals surface area contributed by atoms with E-state index in [0.29, 0.717) is 11.1 Å². The molecule has 6 nitrogen and oxygen atoms in total. The van der Waals surface area contributed by atoms with Crippen LogP contribution in [-0.2, 0) is 17.5 Å². The lowest BCUT2D eigenvalue weighted by Gasteiger charge is -2.29. The van der Waals surface area contributed by atoms with Crippen molar-refractivity contribution in [2.75, 3.05) is 6.61 Å². The van der Waals surface area contributed by atoms with Crippen molar-refractivity contribution in [2.24, 2.45) is 0 Å². The van der Waals surface area contributed by atoms with Gasteiger partial charge in [-0.05, 0) is 36.8 Å². The average Bonchev–Trinajstić information content (AvgIpc) is 2.71. The van der Waals surface area contributed by atoms with Crippen molar-refractivity contribution < 1.29 is 32.5 Å². The number of ether oxygens (including phenoxy) is 2. The highest BCUT2D eigenvalue weighted by molar-refractivity contribution is 6.01. The van der Waals surface area contributed by atoms with Gasteiger partial charge in [0.2, 0.25) is 0 Å². The van der Waals surface area contributed by atoms with E-state index in [0.717, 1.165) is 12.1 Å². The molecule has 1 N–H and O–H groups in total. The number of nitrogens with zero attached hydrogens (tertiary/aromatic N) is 1. The minimum absolute atomic E-state index is 0.0209. The monoisotopic (exact) mass is 419 g/mol. The molecule has 156 valence electrons. The molecule has 0 saturated heterocycles. The second-order valence-corrected chi connectivity index (χ2v) is 6.74. The highest BCUT2D eigenvalue weighted by Crippen LogP contribution is 2.39. The van der Waals surface area contributed by atoms with E-state index >= 15 is 0 Å². The number of carbonyl (C=O) groups is 1. The molecule has 0 spiro atoms. The summed E-state index contributed by atoms with van der Waals surface area (Å²) in [5, 5.41) is 10.7. The molecule has 1 aliphatic rings. The number of para-hydroxylation sites is 1. The van der Waals surface area contributed by atoms with Gasteiger partial charge in [0.25, 0.3) is 5.56 Å². The normalized spacial score (nSPS) is 15.7. The van der Waals surface area contributed by atoms with Crippen LogP contribution < -0.4 is 10.3 Å². The molecule has 1 aromatic heterocycles. The van der Waals surface area contributed by atoms with E-state index in [9.17, 15) is 27.9 Å². The van der Waals surface area contributed by atoms with Crippen molar-refractivity contribution in [1.29, 1.82) is 0 Å². The summed E-state index contributed by atoms with van der Waals surface area (Å²) >= 11 is 0. The van der Waals surface area contributed by atoms with Crippen LogP contribution in [0.3, 0.4) is 0 Å². The Balaban J connectivity index is 1.83. The lowest BCUT2D eigenvalue weighted by molar-refractivity contribution is -0.137. The molecule has 0 amide bonds. The van der Waals surface area contributed by atoms with Crippen LogP contribution in [0.5, 0.6) is 11.5 Å². The van der Waals surface area contributed by atoms with Crippen LogP contribution in [0.1, 0.15) is 34.5 Å². The van der Waals surface area contributed by atoms with Gasteiger partial charge in [0.15, 0.2) is 5.56 Å². The third-order valence-corrected chi connectivity index (χ3v) is 4.93. The molecule has 30 heavy (non-hydrogen) atoms. The molecule has 1 unspecified atom stereocenters. The number of benzene rings is 2. The summed E-state index contributed by atoms with van der Waals surface area (Å²) in [6, 6.07) is 9.16. The van der Waals surface area contributed by atoms with E-state index < -0.39 is 40.7 Å². The first kappa shape index (κ1) is 19.8. The van der Waals surface area contributed by atoms with E-state index in [4.69, 9.17) is 9.47 Å². The number of alkyl halides is 3. The number of carbonyl (C=O) groups excluding carboxylic acids is 1. The summed E-state index contributed by atoms with van der Waals surface area (Å²) in [5.74, 6) is -1.18. The zero-order valence-electron chi connectivity index (χ0n) is 15.7. The summed E-state index contributed by atoms with van der Waals surface area (Å²) in [7, 11) is 0. The molecule has 3 aromatic rings. The number of hydrogen-bond acceptors (Lipinski definition) is 5. The summed E-state index contributed by atoms with van der Waals surface area (Å²) in [5.41, 5.74) is -1.31. The second-order valence-electron chi connectivity index (χ2n) is 6.74. The number of hydrogen-bond donors (Lipinski definition) is 1. The van der Waals surface area contributed by atoms with Gasteiger partial charge in [0.1, 0.15) is 17.6 Å². The Morgan fingerprint density at radius 3 is 2.57 bits per heavy atom. The summed E-state index contributed by atoms with van der Waals surface area (Å²) in [4.78, 5) is 25.2. The minimum atomic E-state index is -4.47. The predicted molar refractivity (Wildman–Crippen MR) is 101 cm³/mol. The highest BCUT2D eigenvalue weighted by atomic mass is 19.4. The SMILES string of the molecule is CCOC(=O)c1c(O)c2cccc3c2n(c1=O)CC(c1ccc(C(F)(F)F)cc1)O3. The Morgan fingerprint density at radius 1 is 1.23 bits per heavy atom. The van der Waals surface area contributed by atoms with Gasteiger partial charge in [-0.1, -0.05) is 18.2 Å². The maximum absolute atomic E-state index is 13.0. The molecule has 4 rings (SSSR count). The Kier molecular flexibility index (Phi) is 4.68. The fraction of sp³-hybridized carbons (Fsp3) is 0.238. The van der Waals surface area contributed by atoms with Crippen molar-refractivity contribution in [1.82, 2.24) is 4.57 Å². The quantitative estimate of drug-likeness (QED) is 0.649. The highest BCUT2D eigenvalue weighted by Gasteiger charge is 2.32. The van der Waals surface area contributed by atoms with E-state index in [1.54, 1.807) is 19.1 Å². The zero-order chi connectivity index (χ0) is 21.6. The summed E-state index contributed by atoms with van der Waals surface area (Å²) in [6.45, 7) is 1.54. The number of aromatic nitrogens is 1. The van der Waals surface area contributed by atoms with Crippen LogP contribution in [0, 0.1) is 0 Å². The van der Waals surface area contributed by atoms with Gasteiger partial charge in [0, 0.05) is 5.39 Å². The van der Waals surface area contributed by atoms with Crippen molar-refractivity contribution in [3.63, 3.8) is 0 Å². The first-order valence-corrected chi connectivity index (χ1v) is 9.11. The zero-order valence-corrected chi connectivity index (χ0v) is 15.7. The molecule has 0 bridgehead atoms. The van der Waals surface area contributed by atoms with Gasteiger partial charge < -0.3 is 14.6 Å². The van der Waals surface area contributed by atoms with Crippen LogP contribution >= 0.6 is 0 Å². The van der Waals surface area contributed by atoms with Crippen LogP contribution in [0.15, 0.2) is 47.3 Å². The third-order valence-electron chi connectivity index (χ3n) is 4.93. The molecule has 2 aromatic carbocycles. The second kappa shape index (κ2) is 7.08. The van der Waals surface area contributed by atoms with Gasteiger partial charge in [-0.15, -0.1) is 0 Å². The first-order chi connectivity index (χ1) is 14.2. The standard InChI is InChI=1S/C21H16F3NO5/c1-2-29-20(28)16-18(26)13-4-3-5-14-17(13)25(19(16)27)10-15(30-14)11-6-8-12(9-7-11)21(22,23)24/h3-9,15,26H,2,10H2,1H3. The van der Waals surface area contributed by atoms with Crippen LogP contribution in [0.4, 0.5) is 13.2 Å². The molecule has 1 aliphatic heterocycles. The number of pyridine rings is 1. The molecule has 0 radical (unpaired) electrons. The maximum Gasteiger partial charge on any atom is 0.416 e. The van der Waals surface area contributed by atoms with Gasteiger partial charge in [-0.2, -0.15) is 13.2 Å². The number of halogens is 3. The number of rotatable bonds is 3. The summed E-state index contributed by atoms with van der Waals surface area (Å²) < 4.78 is 50.6. The lowest BCUT2D eigenvalue weighted by Crippen LogP contribution is -2.33. The molecular weight excluding hydrogens is 403 g/mol. The Morgan fingerprint density at radius 2 is 1.93 bits per heavy atom. The fourth-order valence-corrected chi connectivity index (χ4v) is 3.54. The first-order valence-electron chi connectivity index (χ1n) is 9.11. The number of aromatic hydroxyl groups is 1. The van der Waals surface area contributed by atoms with E-state index in [1.807, 2.05) is 0 Å². The minimum Gasteiger partial charge on any atom is -0.506 e. The third kappa shape index (κ3) is 3.16. The van der Waals surface area contributed by atoms with Crippen molar-refractivity contribution in [3.8, 4) is 11.5 Å². The topological polar surface area (TPSA) is 77.8 Å². The molecule has 0 saturated carbocycles. The fourth-order valence-electron chi connectivity index (χ4n) is 3.54. The molecule has 2 heterocycles. The largest absolute Gasteiger partial charge is 0.506 e. The van der Waals surface area contributed by atoms with Gasteiger partial charge in [-0.3, -0.25) is 9.36 Å². The lowest BCUT2D eigenvalue weighted by atomic mass is 10.0. The molecule has 1 atom stereocenters. The maximum atomic E-state index is 13.0. The van der Waals surface area contributed by atoms with Gasteiger partial charge in [0.05, 0.1) is 24.2 Å². The van der Waals surface area contributed by atoms with Crippen LogP contribution in [-0.4, -0.2) is 22.2 Å². The molecule has 0 aliphatic carbocycles. The van der Waals surface area contributed by atoms with Crippen molar-refractivity contribution >= 4 is 16.9 Å². The van der Waals surface area contributed by atoms with Gasteiger partial charge >= 0.3 is 12.1 Å². The molecule has 0 fully saturated rings. The smallest absolute Gasteiger partial charge is 0.416 e. The Labute approximate surface area is 168 Å². The Hall–Kier alpha value is -3.49. The van der Waals surface area contributed by atoms with Crippen LogP contribution in [0.2, 0.25) is 0 Å². The molecule has 9 heteroatoms. The Bertz CT molecular complexity index is 1200. The average molecular weight is 419 g/mol. The molecular formula is C21H16F3NO5. The van der Waals surface area contributed by atoms with Crippen LogP contribution in [0.25, 0.3) is 10.9 Å².